The lowest BCUT2D eigenvalue weighted by Crippen LogP contribution is -2.36. The summed E-state index contributed by atoms with van der Waals surface area (Å²) >= 11 is 1.53. The second kappa shape index (κ2) is 6.43. The average Bonchev–Trinajstić information content (AvgIpc) is 3.48. The fourth-order valence-electron chi connectivity index (χ4n) is 3.04. The van der Waals surface area contributed by atoms with Crippen LogP contribution in [0.2, 0.25) is 0 Å². The van der Waals surface area contributed by atoms with Gasteiger partial charge in [0.1, 0.15) is 5.82 Å². The number of hydrogen-bond acceptors (Lipinski definition) is 5. The van der Waals surface area contributed by atoms with Crippen molar-refractivity contribution >= 4 is 17.7 Å². The maximum absolute atomic E-state index is 12.3. The molecule has 1 aromatic rings. The lowest BCUT2D eigenvalue weighted by Gasteiger charge is -2.15. The molecule has 2 saturated carbocycles. The van der Waals surface area contributed by atoms with E-state index >= 15 is 0 Å². The Hall–Kier alpha value is -1.08. The van der Waals surface area contributed by atoms with Gasteiger partial charge in [0.2, 0.25) is 5.91 Å². The molecule has 2 atom stereocenters. The van der Waals surface area contributed by atoms with Crippen molar-refractivity contribution in [3.05, 3.63) is 5.82 Å². The molecule has 0 aromatic carbocycles. The summed E-state index contributed by atoms with van der Waals surface area (Å²) in [5.41, 5.74) is 0. The number of thioether (sulfide) groups is 1. The maximum atomic E-state index is 12.3. The van der Waals surface area contributed by atoms with E-state index in [1.807, 2.05) is 6.92 Å². The fourth-order valence-corrected chi connectivity index (χ4v) is 3.99. The molecule has 1 amide bonds. The molecule has 0 bridgehead atoms. The zero-order chi connectivity index (χ0) is 15.8. The Balaban J connectivity index is 1.36. The summed E-state index contributed by atoms with van der Waals surface area (Å²) < 4.78 is 7.85. The summed E-state index contributed by atoms with van der Waals surface area (Å²) in [6.45, 7) is 3.38. The van der Waals surface area contributed by atoms with Crippen LogP contribution in [-0.2, 0) is 9.53 Å². The van der Waals surface area contributed by atoms with Gasteiger partial charge in [-0.05, 0) is 45.4 Å². The van der Waals surface area contributed by atoms with E-state index in [1.54, 1.807) is 0 Å². The minimum Gasteiger partial charge on any atom is -0.376 e. The largest absolute Gasteiger partial charge is 0.376 e. The van der Waals surface area contributed by atoms with Gasteiger partial charge in [0, 0.05) is 25.1 Å². The van der Waals surface area contributed by atoms with Crippen LogP contribution in [0.1, 0.15) is 63.2 Å². The summed E-state index contributed by atoms with van der Waals surface area (Å²) in [6, 6.07) is 0.560. The molecule has 3 aliphatic rings. The summed E-state index contributed by atoms with van der Waals surface area (Å²) in [6.07, 6.45) is 7.21. The molecule has 126 valence electrons. The minimum absolute atomic E-state index is 0.0591. The molecule has 1 saturated heterocycles. The van der Waals surface area contributed by atoms with Gasteiger partial charge in [0.15, 0.2) is 5.16 Å². The second-order valence-electron chi connectivity index (χ2n) is 6.86. The van der Waals surface area contributed by atoms with E-state index in [2.05, 4.69) is 20.1 Å². The molecule has 4 rings (SSSR count). The molecule has 7 heteroatoms. The molecule has 23 heavy (non-hydrogen) atoms. The van der Waals surface area contributed by atoms with Crippen LogP contribution in [0.3, 0.4) is 0 Å². The molecule has 0 radical (unpaired) electrons. The first-order valence-electron chi connectivity index (χ1n) is 8.73. The van der Waals surface area contributed by atoms with E-state index in [9.17, 15) is 4.79 Å². The van der Waals surface area contributed by atoms with E-state index in [4.69, 9.17) is 4.74 Å². The number of amides is 1. The van der Waals surface area contributed by atoms with Crippen molar-refractivity contribution in [2.24, 2.45) is 0 Å². The molecule has 2 heterocycles. The average molecular weight is 336 g/mol. The molecule has 0 spiro atoms. The Morgan fingerprint density at radius 1 is 1.35 bits per heavy atom. The molecule has 2 aliphatic carbocycles. The van der Waals surface area contributed by atoms with Crippen molar-refractivity contribution in [3.63, 3.8) is 0 Å². The van der Waals surface area contributed by atoms with Crippen LogP contribution < -0.4 is 5.32 Å². The Morgan fingerprint density at radius 3 is 2.83 bits per heavy atom. The van der Waals surface area contributed by atoms with Gasteiger partial charge in [-0.2, -0.15) is 0 Å². The first-order chi connectivity index (χ1) is 11.2. The van der Waals surface area contributed by atoms with Gasteiger partial charge in [0.25, 0.3) is 0 Å². The maximum Gasteiger partial charge on any atom is 0.233 e. The van der Waals surface area contributed by atoms with Crippen LogP contribution in [0.4, 0.5) is 0 Å². The molecule has 6 nitrogen and oxygen atoms in total. The van der Waals surface area contributed by atoms with Crippen molar-refractivity contribution < 1.29 is 9.53 Å². The molecular formula is C16H24N4O2S. The highest BCUT2D eigenvalue weighted by Crippen LogP contribution is 2.46. The van der Waals surface area contributed by atoms with Gasteiger partial charge in [-0.25, -0.2) is 0 Å². The van der Waals surface area contributed by atoms with Gasteiger partial charge >= 0.3 is 0 Å². The number of carbonyl (C=O) groups is 1. The number of nitrogens with zero attached hydrogens (tertiary/aromatic N) is 3. The fraction of sp³-hybridized carbons (Fsp3) is 0.812. The van der Waals surface area contributed by atoms with Gasteiger partial charge in [-0.3, -0.25) is 4.79 Å². The normalized spacial score (nSPS) is 25.5. The number of hydrogen-bond donors (Lipinski definition) is 1. The zero-order valence-electron chi connectivity index (χ0n) is 13.5. The van der Waals surface area contributed by atoms with Gasteiger partial charge < -0.3 is 14.6 Å². The van der Waals surface area contributed by atoms with Gasteiger partial charge in [-0.1, -0.05) is 11.8 Å². The first kappa shape index (κ1) is 15.4. The van der Waals surface area contributed by atoms with Crippen molar-refractivity contribution in [3.8, 4) is 0 Å². The van der Waals surface area contributed by atoms with Crippen LogP contribution in [0.25, 0.3) is 0 Å². The van der Waals surface area contributed by atoms with Crippen LogP contribution in [0, 0.1) is 0 Å². The lowest BCUT2D eigenvalue weighted by molar-refractivity contribution is -0.120. The van der Waals surface area contributed by atoms with Gasteiger partial charge in [0.05, 0.1) is 11.4 Å². The lowest BCUT2D eigenvalue weighted by atomic mass is 10.2. The van der Waals surface area contributed by atoms with Crippen molar-refractivity contribution in [2.75, 3.05) is 13.2 Å². The van der Waals surface area contributed by atoms with Crippen LogP contribution in [0.5, 0.6) is 0 Å². The van der Waals surface area contributed by atoms with Crippen molar-refractivity contribution in [1.82, 2.24) is 20.1 Å². The molecule has 3 fully saturated rings. The molecule has 1 aromatic heterocycles. The quantitative estimate of drug-likeness (QED) is 0.774. The standard InChI is InChI=1S/C16H24N4O2S/c1-10(15(21)17-9-13-3-2-8-22-13)23-16-19-18-14(11-4-5-11)20(16)12-6-7-12/h10-13H,2-9H2,1H3,(H,17,21)/t10-,13+/m1/s1. The van der Waals surface area contributed by atoms with E-state index in [0.29, 0.717) is 18.5 Å². The van der Waals surface area contributed by atoms with Gasteiger partial charge in [-0.15, -0.1) is 10.2 Å². The number of nitrogens with one attached hydrogen (secondary N) is 1. The second-order valence-corrected chi connectivity index (χ2v) is 8.16. The topological polar surface area (TPSA) is 69.0 Å². The summed E-state index contributed by atoms with van der Waals surface area (Å²) in [5, 5.41) is 12.5. The summed E-state index contributed by atoms with van der Waals surface area (Å²) in [7, 11) is 0. The predicted octanol–water partition coefficient (Wildman–Crippen LogP) is 2.27. The number of rotatable bonds is 7. The Labute approximate surface area is 140 Å². The third kappa shape index (κ3) is 3.55. The molecular weight excluding hydrogens is 312 g/mol. The van der Waals surface area contributed by atoms with E-state index in [1.165, 1.54) is 37.4 Å². The van der Waals surface area contributed by atoms with Crippen LogP contribution in [-0.4, -0.2) is 45.2 Å². The van der Waals surface area contributed by atoms with E-state index < -0.39 is 0 Å². The summed E-state index contributed by atoms with van der Waals surface area (Å²) in [4.78, 5) is 12.3. The SMILES string of the molecule is C[C@@H](Sc1nnc(C2CC2)n1C1CC1)C(=O)NC[C@@H]1CCCO1. The predicted molar refractivity (Wildman–Crippen MR) is 87.6 cm³/mol. The van der Waals surface area contributed by atoms with Crippen molar-refractivity contribution in [1.29, 1.82) is 0 Å². The Morgan fingerprint density at radius 2 is 2.17 bits per heavy atom. The van der Waals surface area contributed by atoms with E-state index in [0.717, 1.165) is 30.4 Å². The summed E-state index contributed by atoms with van der Waals surface area (Å²) in [5.74, 6) is 1.80. The molecule has 1 aliphatic heterocycles. The number of ether oxygens (including phenoxy) is 1. The first-order valence-corrected chi connectivity index (χ1v) is 9.61. The van der Waals surface area contributed by atoms with Crippen molar-refractivity contribution in [2.45, 2.75) is 73.9 Å². The highest BCUT2D eigenvalue weighted by atomic mass is 32.2. The highest BCUT2D eigenvalue weighted by molar-refractivity contribution is 8.00. The monoisotopic (exact) mass is 336 g/mol. The number of carbonyl (C=O) groups excluding carboxylic acids is 1. The van der Waals surface area contributed by atoms with Crippen LogP contribution >= 0.6 is 11.8 Å². The third-order valence-corrected chi connectivity index (χ3v) is 5.78. The number of aromatic nitrogens is 3. The molecule has 0 unspecified atom stereocenters. The Bertz CT molecular complexity index is 577. The van der Waals surface area contributed by atoms with E-state index in [-0.39, 0.29) is 17.3 Å². The van der Waals surface area contributed by atoms with Crippen LogP contribution in [0.15, 0.2) is 5.16 Å². The smallest absolute Gasteiger partial charge is 0.233 e. The zero-order valence-corrected chi connectivity index (χ0v) is 14.3. The Kier molecular flexibility index (Phi) is 4.32. The molecule has 1 N–H and O–H groups in total. The minimum atomic E-state index is -0.162. The third-order valence-electron chi connectivity index (χ3n) is 4.72. The highest BCUT2D eigenvalue weighted by Gasteiger charge is 2.37.